The largest absolute Gasteiger partial charge is 0.508 e. The second-order valence-electron chi connectivity index (χ2n) is 35.5. The second kappa shape index (κ2) is 49.0. The summed E-state index contributed by atoms with van der Waals surface area (Å²) in [5.41, 5.74) is 7.87. The monoisotopic (exact) mass is 1920 g/mol. The number of hydrogen-bond acceptors (Lipinski definition) is 20. The quantitative estimate of drug-likeness (QED) is 0.0409. The van der Waals surface area contributed by atoms with Gasteiger partial charge in [-0.2, -0.15) is 0 Å². The number of fused-ring (bicyclic) bond motifs is 3. The van der Waals surface area contributed by atoms with Gasteiger partial charge in [0.05, 0.1) is 24.8 Å². The molecular weight excluding hydrogens is 1800 g/mol. The molecule has 0 bridgehead atoms. The third kappa shape index (κ3) is 28.8. The van der Waals surface area contributed by atoms with Gasteiger partial charge in [-0.15, -0.1) is 11.8 Å². The summed E-state index contributed by atoms with van der Waals surface area (Å²) in [5, 5.41) is 67.0. The molecule has 3 aliphatic rings. The Morgan fingerprint density at radius 2 is 1.02 bits per heavy atom. The van der Waals surface area contributed by atoms with Gasteiger partial charge in [-0.25, -0.2) is 13.2 Å². The number of hydrogen-bond donors (Lipinski definition) is 15. The van der Waals surface area contributed by atoms with Crippen molar-refractivity contribution in [1.29, 1.82) is 0 Å². The number of primary amides is 1. The van der Waals surface area contributed by atoms with Crippen LogP contribution in [0.3, 0.4) is 0 Å². The maximum absolute atomic E-state index is 15.8. The number of H-pyrrole nitrogens is 1. The summed E-state index contributed by atoms with van der Waals surface area (Å²) in [4.78, 5) is 247. The lowest BCUT2D eigenvalue weighted by Gasteiger charge is -2.38. The van der Waals surface area contributed by atoms with Crippen LogP contribution >= 0.6 is 11.8 Å². The zero-order chi connectivity index (χ0) is 99.8. The minimum absolute atomic E-state index is 0.00730. The summed E-state index contributed by atoms with van der Waals surface area (Å²) in [6.45, 7) is 6.81. The fourth-order valence-electron chi connectivity index (χ4n) is 17.0. The number of carboxylic acid groups (broad SMARTS) is 1. The van der Waals surface area contributed by atoms with Crippen molar-refractivity contribution >= 4 is 117 Å². The predicted molar refractivity (Wildman–Crippen MR) is 498 cm³/mol. The van der Waals surface area contributed by atoms with Gasteiger partial charge in [0.25, 0.3) is 0 Å². The fraction of sp³-hybridized carbons (Fsp3) is 0.443. The van der Waals surface area contributed by atoms with Crippen LogP contribution in [-0.4, -0.2) is 281 Å². The predicted octanol–water partition coefficient (Wildman–Crippen LogP) is 2.78. The number of carbonyl (C=O) groups excluding carboxylic acids is 15. The maximum Gasteiger partial charge on any atom is 0.305 e. The zero-order valence-electron chi connectivity index (χ0n) is 77.3. The van der Waals surface area contributed by atoms with E-state index in [2.05, 4.69) is 52.8 Å². The van der Waals surface area contributed by atoms with Crippen LogP contribution in [0.15, 0.2) is 152 Å². The van der Waals surface area contributed by atoms with E-state index in [4.69, 9.17) is 5.73 Å². The smallest absolute Gasteiger partial charge is 0.305 e. The number of phenolic OH excluding ortho intramolecular Hbond substituents is 2. The molecule has 7 aromatic rings. The lowest BCUT2D eigenvalue weighted by Crippen LogP contribution is -2.62. The van der Waals surface area contributed by atoms with E-state index in [9.17, 15) is 53.6 Å². The van der Waals surface area contributed by atoms with E-state index in [1.54, 1.807) is 112 Å². The van der Waals surface area contributed by atoms with E-state index in [1.807, 2.05) is 0 Å². The summed E-state index contributed by atoms with van der Waals surface area (Å²) in [7, 11) is 3.67. The number of nitrogens with zero attached hydrogens (tertiary/aromatic N) is 5. The number of rotatable bonds is 23. The molecule has 1 aromatic heterocycles. The van der Waals surface area contributed by atoms with Crippen LogP contribution < -0.4 is 53.6 Å². The van der Waals surface area contributed by atoms with E-state index in [-0.39, 0.29) is 87.8 Å². The Hall–Kier alpha value is -13.9. The first-order valence-corrected chi connectivity index (χ1v) is 46.5. The number of likely N-dealkylation sites (N-methyl/N-ethyl adjacent to an activating group) is 3. The molecule has 3 fully saturated rings. The van der Waals surface area contributed by atoms with Gasteiger partial charge in [0, 0.05) is 102 Å². The summed E-state index contributed by atoms with van der Waals surface area (Å²) in [6, 6.07) is 14.4. The number of aromatic nitrogens is 1. The second-order valence-corrected chi connectivity index (χ2v) is 36.6. The molecule has 14 atom stereocenters. The van der Waals surface area contributed by atoms with E-state index in [1.165, 1.54) is 88.4 Å². The molecule has 137 heavy (non-hydrogen) atoms. The van der Waals surface area contributed by atoms with Crippen molar-refractivity contribution in [3.8, 4) is 11.5 Å². The van der Waals surface area contributed by atoms with Crippen LogP contribution in [-0.2, 0) is 115 Å². The molecule has 1 unspecified atom stereocenters. The Morgan fingerprint density at radius 1 is 0.518 bits per heavy atom. The van der Waals surface area contributed by atoms with Crippen molar-refractivity contribution in [3.05, 3.63) is 203 Å². The highest BCUT2D eigenvalue weighted by molar-refractivity contribution is 8.00. The molecular formula is C97H119F3N16O20S. The molecule has 15 amide bonds. The van der Waals surface area contributed by atoms with Crippen LogP contribution in [0.5, 0.6) is 11.5 Å². The van der Waals surface area contributed by atoms with Gasteiger partial charge < -0.3 is 103 Å². The lowest BCUT2D eigenvalue weighted by molar-refractivity contribution is -0.152. The molecule has 734 valence electrons. The van der Waals surface area contributed by atoms with E-state index >= 15 is 56.7 Å². The minimum Gasteiger partial charge on any atom is -0.508 e. The fourth-order valence-corrected chi connectivity index (χ4v) is 17.9. The standard InChI is InChI=1S/C97H119F3N16O20S/c1-9-10-26-76-96(135)116-50-63(119)46-78(116)92(131)108-71(47-82(122)123)89(128)111-84(54(4)5)97(136)113(7)77(43-55-20-13-11-14-21-55)91(130)109-73(41-58-30-34-62(118)35-31-58)94(133)115-36-19-27-75(115)90(129)107-70(45-60-48-102-67-25-18-17-24-64(60)67)88(127)106-69(40-57-28-32-61(117)33-29-57)87(126)105-68(37-53(2)3)86(125)110-74(85(124)103-49-80(101)120)51-137-52-81(121)104-72(42-59-38-65(98)83(100)66(99)39-59)93(132)114(8)79(95(134)112(76)6)44-56-22-15-12-16-23-56/h11-18,20-25,28-35,38-39,48,53-54,63,68-79,84,102,117-119H,9-10,19,26-27,36-37,40-47,49-52H2,1-8H3,(H2,101,120)(H,103,124)(H,104,121)(H,105,126)(H,106,127)(H,107,129)(H,108,131)(H,109,130)(H,110,125)(H,111,128)(H,122,123)/t63-,68+,69+,70+,71+,72+,73+,74+,75-,76+,77?,78-,79+,84+/m1/s1. The van der Waals surface area contributed by atoms with E-state index in [0.717, 1.165) is 19.6 Å². The Balaban J connectivity index is 1.06. The van der Waals surface area contributed by atoms with Crippen LogP contribution in [0, 0.1) is 29.3 Å². The van der Waals surface area contributed by atoms with Gasteiger partial charge in [-0.05, 0) is 113 Å². The average molecular weight is 1920 g/mol. The molecule has 36 nitrogen and oxygen atoms in total. The molecule has 0 radical (unpaired) electrons. The number of carbonyl (C=O) groups is 16. The van der Waals surface area contributed by atoms with Crippen molar-refractivity contribution in [2.75, 3.05) is 52.3 Å². The Kier molecular flexibility index (Phi) is 37.6. The molecule has 0 saturated carbocycles. The van der Waals surface area contributed by atoms with Gasteiger partial charge in [0.15, 0.2) is 17.5 Å². The molecule has 0 aliphatic carbocycles. The van der Waals surface area contributed by atoms with E-state index < -0.39 is 252 Å². The highest BCUT2D eigenvalue weighted by atomic mass is 32.2. The molecule has 3 saturated heterocycles. The number of phenols is 2. The lowest BCUT2D eigenvalue weighted by atomic mass is 9.98. The molecule has 6 aromatic carbocycles. The van der Waals surface area contributed by atoms with Crippen molar-refractivity contribution in [2.24, 2.45) is 17.6 Å². The first kappa shape index (κ1) is 105. The van der Waals surface area contributed by atoms with Crippen LogP contribution in [0.2, 0.25) is 0 Å². The van der Waals surface area contributed by atoms with Gasteiger partial charge in [0.2, 0.25) is 88.6 Å². The van der Waals surface area contributed by atoms with Crippen molar-refractivity contribution in [1.82, 2.24) is 77.3 Å². The van der Waals surface area contributed by atoms with Gasteiger partial charge in [0.1, 0.15) is 90.0 Å². The van der Waals surface area contributed by atoms with Crippen LogP contribution in [0.4, 0.5) is 13.2 Å². The summed E-state index contributed by atoms with van der Waals surface area (Å²) < 4.78 is 45.2. The normalized spacial score (nSPS) is 23.8. The molecule has 3 aliphatic heterocycles. The number of amides is 15. The molecule has 4 heterocycles. The number of carboxylic acids is 1. The number of nitrogens with two attached hydrogens (primary N) is 1. The molecule has 10 rings (SSSR count). The number of aliphatic carboxylic acids is 1. The van der Waals surface area contributed by atoms with Crippen molar-refractivity contribution in [2.45, 2.75) is 209 Å². The maximum atomic E-state index is 15.8. The Bertz CT molecular complexity index is 5490. The van der Waals surface area contributed by atoms with Gasteiger partial charge in [-0.1, -0.05) is 151 Å². The first-order valence-electron chi connectivity index (χ1n) is 45.4. The number of nitrogens with one attached hydrogen (secondary N) is 10. The zero-order valence-corrected chi connectivity index (χ0v) is 78.1. The Labute approximate surface area is 794 Å². The van der Waals surface area contributed by atoms with Gasteiger partial charge in [-0.3, -0.25) is 76.7 Å². The highest BCUT2D eigenvalue weighted by Gasteiger charge is 2.48. The molecule has 16 N–H and O–H groups in total. The van der Waals surface area contributed by atoms with Crippen molar-refractivity contribution in [3.63, 3.8) is 0 Å². The van der Waals surface area contributed by atoms with Gasteiger partial charge >= 0.3 is 5.97 Å². The number of para-hydroxylation sites is 1. The third-order valence-corrected chi connectivity index (χ3v) is 25.5. The molecule has 0 spiro atoms. The number of aliphatic hydroxyl groups excluding tert-OH is 1. The third-order valence-electron chi connectivity index (χ3n) is 24.4. The number of halogens is 3. The highest BCUT2D eigenvalue weighted by Crippen LogP contribution is 2.29. The number of aromatic hydroxyl groups is 2. The van der Waals surface area contributed by atoms with Crippen LogP contribution in [0.25, 0.3) is 10.9 Å². The van der Waals surface area contributed by atoms with Crippen molar-refractivity contribution < 1.29 is 110 Å². The van der Waals surface area contributed by atoms with E-state index in [0.29, 0.717) is 69.0 Å². The summed E-state index contributed by atoms with van der Waals surface area (Å²) in [5.74, 6) is -24.8. The van der Waals surface area contributed by atoms with Crippen LogP contribution in [0.1, 0.15) is 119 Å². The SMILES string of the molecule is CCCC[C@H]1C(=O)N2C[C@H](O)C[C@@H]2C(=O)N[C@@H](CC(=O)O)C(=O)N[C@@H](C(C)C)C(=O)N(C)C(Cc2ccccc2)C(=O)N[C@@H](Cc2ccc(O)cc2)C(=O)N2CCC[C@@H]2C(=O)N[C@@H](Cc2c[nH]c3ccccc23)C(=O)N[C@@H](Cc2ccc(O)cc2)C(=O)N[C@@H](CC(C)C)C(=O)N[C@H](C(=O)NCC(N)=O)CSCC(=O)N[C@@H](Cc2cc(F)c(F)c(F)c2)C(=O)N(C)[C@@H](Cc2ccccc2)C(=O)N1C. The summed E-state index contributed by atoms with van der Waals surface area (Å²) in [6.07, 6.45) is -3.25. The first-order chi connectivity index (χ1) is 65.2. The number of aliphatic hydroxyl groups is 1. The topological polar surface area (TPSA) is 520 Å². The summed E-state index contributed by atoms with van der Waals surface area (Å²) >= 11 is 0.662. The number of benzene rings is 6. The average Bonchev–Trinajstić information content (AvgIpc) is 1.75. The minimum atomic E-state index is -2.04. The number of unbranched alkanes of at least 4 members (excludes halogenated alkanes) is 1. The molecule has 40 heteroatoms. The Morgan fingerprint density at radius 3 is 1.61 bits per heavy atom. The number of thioether (sulfide) groups is 1. The number of aromatic amines is 1.